The number of unbranched alkanes of at least 4 members (excludes halogenated alkanes) is 24. The summed E-state index contributed by atoms with van der Waals surface area (Å²) in [5.41, 5.74) is 0.928. The Morgan fingerprint density at radius 1 is 0.390 bits per heavy atom. The van der Waals surface area contributed by atoms with Crippen LogP contribution in [0.2, 0.25) is 0 Å². The van der Waals surface area contributed by atoms with E-state index >= 15 is 0 Å². The highest BCUT2D eigenvalue weighted by molar-refractivity contribution is 5.72. The Kier molecular flexibility index (Phi) is 31.4. The van der Waals surface area contributed by atoms with Crippen LogP contribution >= 0.6 is 0 Å². The summed E-state index contributed by atoms with van der Waals surface area (Å²) in [5.74, 6) is 0.403. The van der Waals surface area contributed by atoms with Crippen LogP contribution in [0.25, 0.3) is 0 Å². The van der Waals surface area contributed by atoms with E-state index in [1.165, 1.54) is 212 Å². The molecule has 0 aliphatic heterocycles. The fourth-order valence-corrected chi connectivity index (χ4v) is 10.2. The van der Waals surface area contributed by atoms with E-state index in [1.54, 1.807) is 0 Å². The molecular formula is C53H102N2O4. The number of carbonyl (C=O) groups excluding carboxylic acids is 2. The summed E-state index contributed by atoms with van der Waals surface area (Å²) in [5, 5.41) is 0. The molecule has 3 saturated carbocycles. The maximum absolute atomic E-state index is 13.0. The minimum atomic E-state index is 0.0834. The molecule has 59 heavy (non-hydrogen) atoms. The van der Waals surface area contributed by atoms with Gasteiger partial charge in [0.2, 0.25) is 0 Å². The van der Waals surface area contributed by atoms with Gasteiger partial charge < -0.3 is 19.3 Å². The first kappa shape index (κ1) is 54.0. The standard InChI is InChI=1S/C53H102N2O4/c1-7-11-15-19-23-31-39-48(37-29-17-13-9-3)50(56)58-43-35-27-21-25-33-41-54(5)52-45-53(46-52,47-52)55(6)42-34-26-22-28-36-44-59-51(57)49(38-30-18-14-10-4)40-32-24-20-16-12-8-2/h48-49H,7-47H2,1-6H3. The quantitative estimate of drug-likeness (QED) is 0.0450. The van der Waals surface area contributed by atoms with E-state index < -0.39 is 0 Å². The van der Waals surface area contributed by atoms with E-state index in [0.29, 0.717) is 24.3 Å². The zero-order chi connectivity index (χ0) is 42.9. The van der Waals surface area contributed by atoms with E-state index in [1.807, 2.05) is 0 Å². The van der Waals surface area contributed by atoms with Gasteiger partial charge in [0, 0.05) is 11.1 Å². The number of hydrogen-bond acceptors (Lipinski definition) is 6. The van der Waals surface area contributed by atoms with Gasteiger partial charge in [-0.3, -0.25) is 9.59 Å². The normalized spacial score (nSPS) is 19.5. The van der Waals surface area contributed by atoms with E-state index in [0.717, 1.165) is 38.5 Å². The molecule has 3 aliphatic rings. The summed E-state index contributed by atoms with van der Waals surface area (Å²) in [6.07, 6.45) is 45.3. The van der Waals surface area contributed by atoms with Gasteiger partial charge >= 0.3 is 11.9 Å². The monoisotopic (exact) mass is 831 g/mol. The van der Waals surface area contributed by atoms with Crippen molar-refractivity contribution in [3.05, 3.63) is 0 Å². The van der Waals surface area contributed by atoms with Crippen LogP contribution in [0.1, 0.15) is 265 Å². The molecular weight excluding hydrogens is 729 g/mol. The van der Waals surface area contributed by atoms with E-state index in [4.69, 9.17) is 9.47 Å². The van der Waals surface area contributed by atoms with Crippen molar-refractivity contribution in [2.75, 3.05) is 40.4 Å². The Morgan fingerprint density at radius 3 is 0.966 bits per heavy atom. The van der Waals surface area contributed by atoms with Gasteiger partial charge in [0.05, 0.1) is 25.0 Å². The topological polar surface area (TPSA) is 59.1 Å². The summed E-state index contributed by atoms with van der Waals surface area (Å²) >= 11 is 0. The predicted molar refractivity (Wildman–Crippen MR) is 253 cm³/mol. The van der Waals surface area contributed by atoms with Crippen molar-refractivity contribution < 1.29 is 19.1 Å². The molecule has 0 heterocycles. The second-order valence-electron chi connectivity index (χ2n) is 19.9. The first-order valence-electron chi connectivity index (χ1n) is 26.5. The molecule has 0 aromatic heterocycles. The maximum atomic E-state index is 13.0. The summed E-state index contributed by atoms with van der Waals surface area (Å²) in [6.45, 7) is 12.7. The Balaban J connectivity index is 1.49. The molecule has 6 heteroatoms. The highest BCUT2D eigenvalue weighted by Gasteiger charge is 2.70. The lowest BCUT2D eigenvalue weighted by molar-refractivity contribution is -0.220. The van der Waals surface area contributed by atoms with Crippen LogP contribution in [0, 0.1) is 11.8 Å². The lowest BCUT2D eigenvalue weighted by atomic mass is 9.43. The molecule has 0 radical (unpaired) electrons. The largest absolute Gasteiger partial charge is 0.465 e. The van der Waals surface area contributed by atoms with Gasteiger partial charge in [-0.25, -0.2) is 0 Å². The molecule has 0 amide bonds. The van der Waals surface area contributed by atoms with Crippen LogP contribution in [0.4, 0.5) is 0 Å². The Hall–Kier alpha value is -1.14. The molecule has 0 aromatic carbocycles. The minimum Gasteiger partial charge on any atom is -0.465 e. The predicted octanol–water partition coefficient (Wildman–Crippen LogP) is 15.2. The van der Waals surface area contributed by atoms with Gasteiger partial charge in [-0.1, -0.05) is 195 Å². The fraction of sp³-hybridized carbons (Fsp3) is 0.962. The van der Waals surface area contributed by atoms with Gasteiger partial charge in [-0.2, -0.15) is 0 Å². The summed E-state index contributed by atoms with van der Waals surface area (Å²) in [4.78, 5) is 31.3. The van der Waals surface area contributed by atoms with Crippen molar-refractivity contribution in [3.8, 4) is 0 Å². The fourth-order valence-electron chi connectivity index (χ4n) is 10.2. The summed E-state index contributed by atoms with van der Waals surface area (Å²) in [7, 11) is 4.74. The van der Waals surface area contributed by atoms with Gasteiger partial charge in [0.25, 0.3) is 0 Å². The first-order chi connectivity index (χ1) is 28.8. The lowest BCUT2D eigenvalue weighted by Crippen LogP contribution is -2.82. The number of rotatable bonds is 44. The second kappa shape index (κ2) is 34.4. The van der Waals surface area contributed by atoms with Gasteiger partial charge in [-0.05, 0) is 97.8 Å². The van der Waals surface area contributed by atoms with E-state index in [2.05, 4.69) is 51.6 Å². The van der Waals surface area contributed by atoms with Crippen LogP contribution in [0.15, 0.2) is 0 Å². The molecule has 6 nitrogen and oxygen atoms in total. The minimum absolute atomic E-state index is 0.0834. The van der Waals surface area contributed by atoms with Crippen LogP contribution in [0.3, 0.4) is 0 Å². The Labute approximate surface area is 368 Å². The molecule has 0 aromatic rings. The highest BCUT2D eigenvalue weighted by atomic mass is 16.5. The van der Waals surface area contributed by atoms with Gasteiger partial charge in [0.15, 0.2) is 0 Å². The molecule has 348 valence electrons. The third-order valence-electron chi connectivity index (χ3n) is 14.6. The smallest absolute Gasteiger partial charge is 0.308 e. The molecule has 0 spiro atoms. The number of hydrogen-bond donors (Lipinski definition) is 0. The van der Waals surface area contributed by atoms with Crippen LogP contribution in [-0.2, 0) is 19.1 Å². The van der Waals surface area contributed by atoms with Crippen LogP contribution in [-0.4, -0.2) is 73.2 Å². The van der Waals surface area contributed by atoms with Crippen molar-refractivity contribution in [1.82, 2.24) is 9.80 Å². The zero-order valence-corrected chi connectivity index (χ0v) is 40.7. The SMILES string of the molecule is CCCCCCCCC(CCCCCC)C(=O)OCCCCCCCN(C)C12CC(N(C)CCCCCCCOC(=O)C(CCCCCC)CCCCCCCC)(C1)C2. The third-order valence-corrected chi connectivity index (χ3v) is 14.6. The van der Waals surface area contributed by atoms with Crippen molar-refractivity contribution in [1.29, 1.82) is 0 Å². The van der Waals surface area contributed by atoms with Crippen molar-refractivity contribution in [2.24, 2.45) is 11.8 Å². The van der Waals surface area contributed by atoms with E-state index in [-0.39, 0.29) is 23.8 Å². The maximum Gasteiger partial charge on any atom is 0.308 e. The Bertz CT molecular complexity index is 922. The van der Waals surface area contributed by atoms with E-state index in [9.17, 15) is 9.59 Å². The summed E-state index contributed by atoms with van der Waals surface area (Å²) < 4.78 is 11.7. The van der Waals surface area contributed by atoms with Crippen molar-refractivity contribution in [2.45, 2.75) is 276 Å². The molecule has 3 rings (SSSR count). The molecule has 3 aliphatic carbocycles. The molecule has 2 atom stereocenters. The first-order valence-corrected chi connectivity index (χ1v) is 26.5. The van der Waals surface area contributed by atoms with Crippen molar-refractivity contribution in [3.63, 3.8) is 0 Å². The van der Waals surface area contributed by atoms with Gasteiger partial charge in [-0.15, -0.1) is 0 Å². The molecule has 2 bridgehead atoms. The second-order valence-corrected chi connectivity index (χ2v) is 19.9. The van der Waals surface area contributed by atoms with Crippen molar-refractivity contribution >= 4 is 11.9 Å². The molecule has 0 N–H and O–H groups in total. The van der Waals surface area contributed by atoms with Gasteiger partial charge in [0.1, 0.15) is 0 Å². The highest BCUT2D eigenvalue weighted by Crippen LogP contribution is 2.65. The molecule has 2 unspecified atom stereocenters. The molecule has 3 fully saturated rings. The lowest BCUT2D eigenvalue weighted by Gasteiger charge is -2.76. The third kappa shape index (κ3) is 22.7. The summed E-state index contributed by atoms with van der Waals surface area (Å²) in [6, 6.07) is 0. The average Bonchev–Trinajstić information content (AvgIpc) is 3.19. The van der Waals surface area contributed by atoms with Crippen LogP contribution < -0.4 is 0 Å². The zero-order valence-electron chi connectivity index (χ0n) is 40.7. The average molecular weight is 831 g/mol. The van der Waals surface area contributed by atoms with Crippen LogP contribution in [0.5, 0.6) is 0 Å². The molecule has 0 saturated heterocycles. The Morgan fingerprint density at radius 2 is 0.644 bits per heavy atom. The number of nitrogens with zero attached hydrogens (tertiary/aromatic N) is 2. The number of ether oxygens (including phenoxy) is 2. The number of carbonyl (C=O) groups is 2. The number of esters is 2.